The van der Waals surface area contributed by atoms with Gasteiger partial charge >= 0.3 is 0 Å². The van der Waals surface area contributed by atoms with Crippen molar-refractivity contribution in [3.63, 3.8) is 0 Å². The van der Waals surface area contributed by atoms with Gasteiger partial charge in [0.1, 0.15) is 0 Å². The van der Waals surface area contributed by atoms with E-state index in [2.05, 4.69) is 58.9 Å². The molecular weight excluding hydrogens is 327 g/mol. The van der Waals surface area contributed by atoms with Gasteiger partial charge in [0.2, 0.25) is 0 Å². The van der Waals surface area contributed by atoms with Crippen molar-refractivity contribution in [2.45, 2.75) is 19.9 Å². The highest BCUT2D eigenvalue weighted by atomic mass is 127. The maximum atomic E-state index is 9.02. The van der Waals surface area contributed by atoms with Crippen LogP contribution in [0.4, 0.5) is 0 Å². The van der Waals surface area contributed by atoms with Gasteiger partial charge in [0.15, 0.2) is 0 Å². The molecule has 1 aromatic carbocycles. The third-order valence-corrected chi connectivity index (χ3v) is 3.53. The maximum Gasteiger partial charge on any atom is 0.0816 e. The van der Waals surface area contributed by atoms with Gasteiger partial charge in [0, 0.05) is 5.56 Å². The Morgan fingerprint density at radius 1 is 1.29 bits per heavy atom. The molecule has 4 heteroatoms. The van der Waals surface area contributed by atoms with Crippen molar-refractivity contribution in [2.75, 3.05) is 6.61 Å². The summed E-state index contributed by atoms with van der Waals surface area (Å²) in [5.41, 5.74) is 3.57. The summed E-state index contributed by atoms with van der Waals surface area (Å²) in [5.74, 6) is 0. The summed E-state index contributed by atoms with van der Waals surface area (Å²) in [5, 5.41) is 13.3. The molecule has 2 aromatic rings. The van der Waals surface area contributed by atoms with E-state index < -0.39 is 0 Å². The van der Waals surface area contributed by atoms with Gasteiger partial charge in [0.05, 0.1) is 28.6 Å². The van der Waals surface area contributed by atoms with Crippen molar-refractivity contribution < 1.29 is 5.11 Å². The van der Waals surface area contributed by atoms with E-state index in [-0.39, 0.29) is 6.61 Å². The number of benzene rings is 1. The third-order valence-electron chi connectivity index (χ3n) is 2.74. The highest BCUT2D eigenvalue weighted by molar-refractivity contribution is 14.1. The molecule has 17 heavy (non-hydrogen) atoms. The van der Waals surface area contributed by atoms with Crippen molar-refractivity contribution in [1.29, 1.82) is 0 Å². The van der Waals surface area contributed by atoms with Crippen LogP contribution in [0.15, 0.2) is 30.5 Å². The summed E-state index contributed by atoms with van der Waals surface area (Å²) < 4.78 is 2.96. The topological polar surface area (TPSA) is 38.0 Å². The monoisotopic (exact) mass is 342 g/mol. The highest BCUT2D eigenvalue weighted by Gasteiger charge is 2.10. The molecule has 0 radical (unpaired) electrons. The minimum Gasteiger partial charge on any atom is -0.394 e. The molecular formula is C13H15IN2O. The Morgan fingerprint density at radius 2 is 2.00 bits per heavy atom. The molecule has 0 fully saturated rings. The summed E-state index contributed by atoms with van der Waals surface area (Å²) in [7, 11) is 0. The molecule has 0 aliphatic carbocycles. The van der Waals surface area contributed by atoms with E-state index in [0.29, 0.717) is 6.54 Å². The van der Waals surface area contributed by atoms with E-state index >= 15 is 0 Å². The standard InChI is InChI=1S/C13H15IN2O/c1-2-10-3-5-11(6-4-10)13-12(14)9-15-16(13)7-8-17/h3-6,9,17H,2,7-8H2,1H3. The van der Waals surface area contributed by atoms with Crippen molar-refractivity contribution in [2.24, 2.45) is 0 Å². The Kier molecular flexibility index (Phi) is 4.17. The molecule has 1 heterocycles. The summed E-state index contributed by atoms with van der Waals surface area (Å²) in [6.45, 7) is 2.79. The van der Waals surface area contributed by atoms with Gasteiger partial charge in [0.25, 0.3) is 0 Å². The minimum atomic E-state index is 0.109. The smallest absolute Gasteiger partial charge is 0.0816 e. The van der Waals surface area contributed by atoms with Crippen LogP contribution in [-0.4, -0.2) is 21.5 Å². The molecule has 1 N–H and O–H groups in total. The van der Waals surface area contributed by atoms with Gasteiger partial charge in [-0.1, -0.05) is 31.2 Å². The Balaban J connectivity index is 2.40. The van der Waals surface area contributed by atoms with Gasteiger partial charge < -0.3 is 5.11 Å². The molecule has 0 saturated heterocycles. The van der Waals surface area contributed by atoms with Crippen LogP contribution in [0.1, 0.15) is 12.5 Å². The Hall–Kier alpha value is -0.880. The quantitative estimate of drug-likeness (QED) is 0.868. The molecule has 0 aliphatic rings. The largest absolute Gasteiger partial charge is 0.394 e. The van der Waals surface area contributed by atoms with Gasteiger partial charge in [-0.15, -0.1) is 0 Å². The average molecular weight is 342 g/mol. The first-order valence-electron chi connectivity index (χ1n) is 5.67. The van der Waals surface area contributed by atoms with Crippen molar-refractivity contribution in [3.8, 4) is 11.3 Å². The van der Waals surface area contributed by atoms with Crippen LogP contribution in [0, 0.1) is 3.57 Å². The molecule has 90 valence electrons. The van der Waals surface area contributed by atoms with Crippen LogP contribution in [0.2, 0.25) is 0 Å². The predicted octanol–water partition coefficient (Wildman–Crippen LogP) is 2.71. The van der Waals surface area contributed by atoms with E-state index in [9.17, 15) is 0 Å². The van der Waals surface area contributed by atoms with Crippen LogP contribution >= 0.6 is 22.6 Å². The number of aliphatic hydroxyl groups is 1. The first kappa shape index (κ1) is 12.6. The van der Waals surface area contributed by atoms with Crippen molar-refractivity contribution in [1.82, 2.24) is 9.78 Å². The van der Waals surface area contributed by atoms with Gasteiger partial charge in [-0.3, -0.25) is 4.68 Å². The first-order valence-corrected chi connectivity index (χ1v) is 6.75. The fourth-order valence-electron chi connectivity index (χ4n) is 1.81. The maximum absolute atomic E-state index is 9.02. The zero-order valence-corrected chi connectivity index (χ0v) is 11.9. The molecule has 0 atom stereocenters. The first-order chi connectivity index (χ1) is 8.26. The van der Waals surface area contributed by atoms with E-state index in [0.717, 1.165) is 21.2 Å². The number of aliphatic hydroxyl groups excluding tert-OH is 1. The number of aryl methyl sites for hydroxylation is 1. The van der Waals surface area contributed by atoms with Crippen LogP contribution in [0.5, 0.6) is 0 Å². The van der Waals surface area contributed by atoms with E-state index in [1.165, 1.54) is 5.56 Å². The third kappa shape index (κ3) is 2.69. The fraction of sp³-hybridized carbons (Fsp3) is 0.308. The molecule has 0 unspecified atom stereocenters. The van der Waals surface area contributed by atoms with Crippen LogP contribution < -0.4 is 0 Å². The molecule has 0 bridgehead atoms. The second-order valence-corrected chi connectivity index (χ2v) is 5.00. The number of halogens is 1. The SMILES string of the molecule is CCc1ccc(-c2c(I)cnn2CCO)cc1. The van der Waals surface area contributed by atoms with E-state index in [1.807, 2.05) is 10.9 Å². The predicted molar refractivity (Wildman–Crippen MR) is 76.8 cm³/mol. The van der Waals surface area contributed by atoms with E-state index in [4.69, 9.17) is 5.11 Å². The Bertz CT molecular complexity index is 491. The zero-order chi connectivity index (χ0) is 12.3. The minimum absolute atomic E-state index is 0.109. The molecule has 0 saturated carbocycles. The lowest BCUT2D eigenvalue weighted by molar-refractivity contribution is 0.270. The van der Waals surface area contributed by atoms with Crippen molar-refractivity contribution in [3.05, 3.63) is 39.6 Å². The van der Waals surface area contributed by atoms with Gasteiger partial charge in [-0.2, -0.15) is 5.10 Å². The Labute approximate surface area is 115 Å². The molecule has 1 aromatic heterocycles. The fourth-order valence-corrected chi connectivity index (χ4v) is 2.53. The normalized spacial score (nSPS) is 10.8. The summed E-state index contributed by atoms with van der Waals surface area (Å²) >= 11 is 2.28. The number of nitrogens with zero attached hydrogens (tertiary/aromatic N) is 2. The number of hydrogen-bond donors (Lipinski definition) is 1. The van der Waals surface area contributed by atoms with Crippen LogP contribution in [-0.2, 0) is 13.0 Å². The molecule has 3 nitrogen and oxygen atoms in total. The molecule has 0 amide bonds. The molecule has 2 rings (SSSR count). The highest BCUT2D eigenvalue weighted by Crippen LogP contribution is 2.25. The van der Waals surface area contributed by atoms with Crippen molar-refractivity contribution >= 4 is 22.6 Å². The number of aromatic nitrogens is 2. The van der Waals surface area contributed by atoms with Crippen LogP contribution in [0.3, 0.4) is 0 Å². The molecule has 0 spiro atoms. The number of hydrogen-bond acceptors (Lipinski definition) is 2. The summed E-state index contributed by atoms with van der Waals surface area (Å²) in [4.78, 5) is 0. The Morgan fingerprint density at radius 3 is 2.59 bits per heavy atom. The van der Waals surface area contributed by atoms with Crippen LogP contribution in [0.25, 0.3) is 11.3 Å². The van der Waals surface area contributed by atoms with E-state index in [1.54, 1.807) is 0 Å². The lowest BCUT2D eigenvalue weighted by Gasteiger charge is -2.07. The molecule has 0 aliphatic heterocycles. The second kappa shape index (κ2) is 5.64. The van der Waals surface area contributed by atoms with Gasteiger partial charge in [-0.05, 0) is 34.6 Å². The number of rotatable bonds is 4. The lowest BCUT2D eigenvalue weighted by atomic mass is 10.1. The summed E-state index contributed by atoms with van der Waals surface area (Å²) in [6, 6.07) is 8.52. The average Bonchev–Trinajstić information content (AvgIpc) is 2.71. The summed E-state index contributed by atoms with van der Waals surface area (Å²) in [6.07, 6.45) is 2.88. The van der Waals surface area contributed by atoms with Gasteiger partial charge in [-0.25, -0.2) is 0 Å². The second-order valence-electron chi connectivity index (χ2n) is 3.84. The lowest BCUT2D eigenvalue weighted by Crippen LogP contribution is -2.05. The zero-order valence-electron chi connectivity index (χ0n) is 9.73.